The van der Waals surface area contributed by atoms with Gasteiger partial charge in [0, 0.05) is 0 Å². The van der Waals surface area contributed by atoms with E-state index < -0.39 is 30.6 Å². The van der Waals surface area contributed by atoms with Gasteiger partial charge in [0.1, 0.15) is 24.5 Å². The molecule has 28 heavy (non-hydrogen) atoms. The first-order chi connectivity index (χ1) is 13.4. The lowest BCUT2D eigenvalue weighted by molar-refractivity contribution is -0.107. The number of rotatable bonds is 6. The van der Waals surface area contributed by atoms with Crippen molar-refractivity contribution in [3.05, 3.63) is 35.9 Å². The number of nitrogens with zero attached hydrogens (tertiary/aromatic N) is 1. The predicted octanol–water partition coefficient (Wildman–Crippen LogP) is 3.45. The fourth-order valence-corrected chi connectivity index (χ4v) is 4.60. The Kier molecular flexibility index (Phi) is 6.96. The van der Waals surface area contributed by atoms with Crippen LogP contribution in [0.2, 0.25) is 0 Å². The number of carbonyl (C=O) groups excluding carboxylic acids is 1. The molecule has 0 aromatic heterocycles. The molecule has 2 aliphatic rings. The fourth-order valence-electron chi connectivity index (χ4n) is 4.60. The second kappa shape index (κ2) is 9.25. The molecule has 0 spiro atoms. The highest BCUT2D eigenvalue weighted by Crippen LogP contribution is 2.39. The van der Waals surface area contributed by atoms with Crippen molar-refractivity contribution in [2.24, 2.45) is 5.92 Å². The maximum absolute atomic E-state index is 13.0. The van der Waals surface area contributed by atoms with Crippen LogP contribution in [0, 0.1) is 5.92 Å². The molecule has 0 radical (unpaired) electrons. The number of hydrogen-bond acceptors (Lipinski definition) is 5. The molecule has 1 saturated carbocycles. The van der Waals surface area contributed by atoms with Crippen LogP contribution >= 0.6 is 0 Å². The van der Waals surface area contributed by atoms with Crippen molar-refractivity contribution in [1.29, 1.82) is 0 Å². The summed E-state index contributed by atoms with van der Waals surface area (Å²) < 4.78 is 11.6. The summed E-state index contributed by atoms with van der Waals surface area (Å²) in [5, 5.41) is 19.8. The van der Waals surface area contributed by atoms with Gasteiger partial charge in [0.15, 0.2) is 0 Å². The van der Waals surface area contributed by atoms with E-state index >= 15 is 0 Å². The first-order valence-electron chi connectivity index (χ1n) is 10.4. The molecule has 156 valence electrons. The molecule has 1 aromatic rings. The lowest BCUT2D eigenvalue weighted by Gasteiger charge is -2.35. The van der Waals surface area contributed by atoms with E-state index in [-0.39, 0.29) is 12.6 Å². The lowest BCUT2D eigenvalue weighted by atomic mass is 9.83. The van der Waals surface area contributed by atoms with Crippen LogP contribution in [0.4, 0.5) is 4.79 Å². The first kappa shape index (κ1) is 21.1. The molecule has 1 aliphatic carbocycles. The number of carbonyl (C=O) groups is 1. The quantitative estimate of drug-likeness (QED) is 0.776. The Hall–Kier alpha value is -1.63. The Balaban J connectivity index is 1.75. The number of hydrogen-bond donors (Lipinski definition) is 2. The van der Waals surface area contributed by atoms with Crippen molar-refractivity contribution < 1.29 is 24.5 Å². The van der Waals surface area contributed by atoms with E-state index in [4.69, 9.17) is 9.47 Å². The maximum atomic E-state index is 13.0. The van der Waals surface area contributed by atoms with Crippen LogP contribution < -0.4 is 0 Å². The average molecular weight is 392 g/mol. The van der Waals surface area contributed by atoms with Gasteiger partial charge >= 0.3 is 6.09 Å². The molecule has 2 N–H and O–H groups in total. The van der Waals surface area contributed by atoms with Gasteiger partial charge in [-0.3, -0.25) is 4.90 Å². The highest BCUT2D eigenvalue weighted by Gasteiger charge is 2.53. The summed E-state index contributed by atoms with van der Waals surface area (Å²) in [6, 6.07) is 9.25. The van der Waals surface area contributed by atoms with Crippen LogP contribution in [0.25, 0.3) is 0 Å². The minimum Gasteiger partial charge on any atom is -0.444 e. The Morgan fingerprint density at radius 2 is 1.93 bits per heavy atom. The van der Waals surface area contributed by atoms with Gasteiger partial charge in [0.25, 0.3) is 0 Å². The van der Waals surface area contributed by atoms with Crippen molar-refractivity contribution in [2.45, 2.75) is 83.0 Å². The van der Waals surface area contributed by atoms with Gasteiger partial charge in [-0.15, -0.1) is 0 Å². The normalized spacial score (nSPS) is 26.2. The van der Waals surface area contributed by atoms with Gasteiger partial charge in [-0.05, 0) is 31.7 Å². The molecule has 1 amide bonds. The molecule has 1 heterocycles. The molecule has 1 saturated heterocycles. The standard InChI is InChI=1S/C22H33NO5/c1-22(2)23(21(26)27-15-17-11-7-4-8-12-17)18(20(28-22)19(25)14-24)13-16-9-5-3-6-10-16/h4,7-8,11-12,16,18-20,24-25H,3,5-6,9-10,13-15H2,1-2H3/t18-,19?,20+/m0/s1. The number of ether oxygens (including phenoxy) is 2. The fraction of sp³-hybridized carbons (Fsp3) is 0.682. The summed E-state index contributed by atoms with van der Waals surface area (Å²) in [4.78, 5) is 14.7. The summed E-state index contributed by atoms with van der Waals surface area (Å²) in [7, 11) is 0. The van der Waals surface area contributed by atoms with Crippen molar-refractivity contribution >= 4 is 6.09 Å². The molecule has 2 fully saturated rings. The van der Waals surface area contributed by atoms with Crippen molar-refractivity contribution in [3.63, 3.8) is 0 Å². The van der Waals surface area contributed by atoms with Gasteiger partial charge in [-0.2, -0.15) is 0 Å². The topological polar surface area (TPSA) is 79.2 Å². The first-order valence-corrected chi connectivity index (χ1v) is 10.4. The van der Waals surface area contributed by atoms with Crippen LogP contribution in [0.15, 0.2) is 30.3 Å². The van der Waals surface area contributed by atoms with Crippen molar-refractivity contribution in [2.75, 3.05) is 6.61 Å². The van der Waals surface area contributed by atoms with Gasteiger partial charge in [-0.25, -0.2) is 4.79 Å². The zero-order chi connectivity index (χ0) is 20.1. The minimum atomic E-state index is -1.03. The SMILES string of the molecule is CC1(C)O[C@@H](C(O)CO)[C@H](CC2CCCCC2)N1C(=O)OCc1ccccc1. The largest absolute Gasteiger partial charge is 0.444 e. The molecule has 1 unspecified atom stereocenters. The van der Waals surface area contributed by atoms with Crippen LogP contribution in [0.3, 0.4) is 0 Å². The Morgan fingerprint density at radius 1 is 1.25 bits per heavy atom. The smallest absolute Gasteiger partial charge is 0.412 e. The minimum absolute atomic E-state index is 0.190. The number of amides is 1. The molecule has 1 aliphatic heterocycles. The van der Waals surface area contributed by atoms with E-state index in [2.05, 4.69) is 0 Å². The molecular formula is C22H33NO5. The van der Waals surface area contributed by atoms with E-state index in [1.807, 2.05) is 44.2 Å². The van der Waals surface area contributed by atoms with Gasteiger partial charge in [0.2, 0.25) is 0 Å². The van der Waals surface area contributed by atoms with E-state index in [1.54, 1.807) is 4.90 Å². The molecular weight excluding hydrogens is 358 g/mol. The monoisotopic (exact) mass is 391 g/mol. The van der Waals surface area contributed by atoms with Gasteiger partial charge < -0.3 is 19.7 Å². The molecule has 6 nitrogen and oxygen atoms in total. The molecule has 0 bridgehead atoms. The predicted molar refractivity (Wildman–Crippen MR) is 105 cm³/mol. The van der Waals surface area contributed by atoms with Crippen LogP contribution in [0.1, 0.15) is 57.9 Å². The summed E-state index contributed by atoms with van der Waals surface area (Å²) >= 11 is 0. The molecule has 1 aromatic carbocycles. The lowest BCUT2D eigenvalue weighted by Crippen LogP contribution is -2.50. The number of benzene rings is 1. The second-order valence-electron chi connectivity index (χ2n) is 8.50. The number of aliphatic hydroxyl groups is 2. The summed E-state index contributed by atoms with van der Waals surface area (Å²) in [6.45, 7) is 3.42. The Labute approximate surface area is 167 Å². The molecule has 3 atom stereocenters. The number of aliphatic hydroxyl groups excluding tert-OH is 2. The highest BCUT2D eigenvalue weighted by molar-refractivity contribution is 5.69. The van der Waals surface area contributed by atoms with Crippen molar-refractivity contribution in [1.82, 2.24) is 4.90 Å². The van der Waals surface area contributed by atoms with E-state index in [9.17, 15) is 15.0 Å². The van der Waals surface area contributed by atoms with E-state index in [1.165, 1.54) is 19.3 Å². The van der Waals surface area contributed by atoms with Crippen LogP contribution in [0.5, 0.6) is 0 Å². The molecule has 3 rings (SSSR count). The Bertz CT molecular complexity index is 629. The zero-order valence-electron chi connectivity index (χ0n) is 16.9. The summed E-state index contributed by atoms with van der Waals surface area (Å²) in [6.07, 6.45) is 4.59. The van der Waals surface area contributed by atoms with Gasteiger partial charge in [-0.1, -0.05) is 62.4 Å². The van der Waals surface area contributed by atoms with E-state index in [0.29, 0.717) is 5.92 Å². The summed E-state index contributed by atoms with van der Waals surface area (Å²) in [5.74, 6) is 0.495. The van der Waals surface area contributed by atoms with Crippen LogP contribution in [-0.2, 0) is 16.1 Å². The van der Waals surface area contributed by atoms with Crippen LogP contribution in [-0.4, -0.2) is 51.8 Å². The maximum Gasteiger partial charge on any atom is 0.412 e. The third-order valence-electron chi connectivity index (χ3n) is 5.98. The van der Waals surface area contributed by atoms with E-state index in [0.717, 1.165) is 24.8 Å². The van der Waals surface area contributed by atoms with Gasteiger partial charge in [0.05, 0.1) is 12.6 Å². The third-order valence-corrected chi connectivity index (χ3v) is 5.98. The zero-order valence-corrected chi connectivity index (χ0v) is 16.9. The van der Waals surface area contributed by atoms with Crippen molar-refractivity contribution in [3.8, 4) is 0 Å². The third kappa shape index (κ3) is 4.85. The Morgan fingerprint density at radius 3 is 2.57 bits per heavy atom. The summed E-state index contributed by atoms with van der Waals surface area (Å²) in [5.41, 5.74) is 0.0121. The average Bonchev–Trinajstić information content (AvgIpc) is 2.97. The molecule has 6 heteroatoms. The highest BCUT2D eigenvalue weighted by atomic mass is 16.6. The second-order valence-corrected chi connectivity index (χ2v) is 8.50.